The van der Waals surface area contributed by atoms with Crippen LogP contribution in [-0.2, 0) is 9.47 Å². The largest absolute Gasteiger partial charge is 0.491 e. The van der Waals surface area contributed by atoms with Crippen molar-refractivity contribution in [2.24, 2.45) is 0 Å². The number of rotatable bonds is 8. The lowest BCUT2D eigenvalue weighted by molar-refractivity contribution is 0.0502. The van der Waals surface area contributed by atoms with Crippen LogP contribution in [0.4, 0.5) is 9.59 Å². The van der Waals surface area contributed by atoms with Crippen molar-refractivity contribution in [3.05, 3.63) is 28.2 Å². The van der Waals surface area contributed by atoms with Gasteiger partial charge in [0.2, 0.25) is 0 Å². The summed E-state index contributed by atoms with van der Waals surface area (Å²) in [5, 5.41) is 12.3. The third kappa shape index (κ3) is 9.17. The highest BCUT2D eigenvalue weighted by Crippen LogP contribution is 2.26. The summed E-state index contributed by atoms with van der Waals surface area (Å²) >= 11 is 3.26. The summed E-state index contributed by atoms with van der Waals surface area (Å²) in [6.07, 6.45) is -0.622. The zero-order valence-electron chi connectivity index (χ0n) is 20.6. The molecule has 1 heterocycles. The van der Waals surface area contributed by atoms with Crippen LogP contribution >= 0.6 is 15.9 Å². The Morgan fingerprint density at radius 3 is 2.50 bits per heavy atom. The second-order valence-corrected chi connectivity index (χ2v) is 17.1. The minimum absolute atomic E-state index is 0.0139. The smallest absolute Gasteiger partial charge is 0.410 e. The number of carbonyl (C=O) groups is 3. The van der Waals surface area contributed by atoms with Crippen molar-refractivity contribution in [1.29, 1.82) is 0 Å². The van der Waals surface area contributed by atoms with Gasteiger partial charge in [-0.1, -0.05) is 35.6 Å². The molecule has 190 valence electrons. The molecule has 0 radical (unpaired) electrons. The molecule has 0 saturated carbocycles. The zero-order valence-corrected chi connectivity index (χ0v) is 23.2. The fraction of sp³-hybridized carbons (Fsp3) is 0.609. The molecule has 1 aromatic rings. The average molecular weight is 560 g/mol. The van der Waals surface area contributed by atoms with Gasteiger partial charge in [-0.05, 0) is 51.4 Å². The van der Waals surface area contributed by atoms with Crippen molar-refractivity contribution in [3.8, 4) is 5.75 Å². The maximum absolute atomic E-state index is 12.9. The Morgan fingerprint density at radius 2 is 1.91 bits per heavy atom. The molecule has 2 rings (SSSR count). The van der Waals surface area contributed by atoms with Crippen molar-refractivity contribution in [1.82, 2.24) is 10.2 Å². The maximum atomic E-state index is 12.9. The molecule has 2 N–H and O–H groups in total. The van der Waals surface area contributed by atoms with E-state index in [9.17, 15) is 19.5 Å². The van der Waals surface area contributed by atoms with Crippen LogP contribution < -0.4 is 10.1 Å². The van der Waals surface area contributed by atoms with E-state index >= 15 is 0 Å². The standard InChI is InChI=1S/C23H35BrN2O7Si/c1-23(2,3)33-21(29)25-16-12-17(26(13-16)22(30)31-9-10-34(4,5)6)14-32-19-8-7-15(24)11-18(19)20(27)28/h7-8,11,16-17H,9-10,12-14H2,1-6H3,(H,25,29)(H,27,28)/t16-,17+/m1/s1. The van der Waals surface area contributed by atoms with E-state index in [4.69, 9.17) is 14.2 Å². The van der Waals surface area contributed by atoms with Crippen molar-refractivity contribution in [2.75, 3.05) is 19.8 Å². The quantitative estimate of drug-likeness (QED) is 0.433. The van der Waals surface area contributed by atoms with Gasteiger partial charge in [0.15, 0.2) is 0 Å². The molecule has 11 heteroatoms. The van der Waals surface area contributed by atoms with Crippen LogP contribution in [0.25, 0.3) is 0 Å². The predicted molar refractivity (Wildman–Crippen MR) is 134 cm³/mol. The summed E-state index contributed by atoms with van der Waals surface area (Å²) in [5.74, 6) is -0.916. The fourth-order valence-electron chi connectivity index (χ4n) is 3.39. The van der Waals surface area contributed by atoms with Crippen LogP contribution in [0.5, 0.6) is 5.75 Å². The number of halogens is 1. The second-order valence-electron chi connectivity index (χ2n) is 10.6. The summed E-state index contributed by atoms with van der Waals surface area (Å²) in [4.78, 5) is 38.2. The number of nitrogens with one attached hydrogen (secondary N) is 1. The molecule has 0 aromatic heterocycles. The monoisotopic (exact) mass is 558 g/mol. The summed E-state index contributed by atoms with van der Waals surface area (Å²) in [6, 6.07) is 4.79. The fourth-order valence-corrected chi connectivity index (χ4v) is 4.46. The van der Waals surface area contributed by atoms with Gasteiger partial charge >= 0.3 is 18.2 Å². The third-order valence-corrected chi connectivity index (χ3v) is 7.25. The first-order valence-electron chi connectivity index (χ1n) is 11.2. The molecule has 0 bridgehead atoms. The first-order valence-corrected chi connectivity index (χ1v) is 15.7. The van der Waals surface area contributed by atoms with E-state index in [1.165, 1.54) is 11.0 Å². The number of nitrogens with zero attached hydrogens (tertiary/aromatic N) is 1. The van der Waals surface area contributed by atoms with Crippen LogP contribution in [0.2, 0.25) is 25.7 Å². The van der Waals surface area contributed by atoms with Gasteiger partial charge in [-0.3, -0.25) is 4.90 Å². The number of carboxylic acid groups (broad SMARTS) is 1. The van der Waals surface area contributed by atoms with E-state index < -0.39 is 37.9 Å². The Labute approximate surface area is 210 Å². The number of hydrogen-bond donors (Lipinski definition) is 2. The van der Waals surface area contributed by atoms with Crippen LogP contribution in [-0.4, -0.2) is 73.7 Å². The molecule has 0 spiro atoms. The molecule has 0 aliphatic carbocycles. The minimum atomic E-state index is -1.37. The van der Waals surface area contributed by atoms with Gasteiger partial charge < -0.3 is 24.6 Å². The summed E-state index contributed by atoms with van der Waals surface area (Å²) in [7, 11) is -1.37. The molecule has 0 unspecified atom stereocenters. The van der Waals surface area contributed by atoms with E-state index in [2.05, 4.69) is 40.9 Å². The lowest BCUT2D eigenvalue weighted by Gasteiger charge is -2.25. The lowest BCUT2D eigenvalue weighted by atomic mass is 10.1. The van der Waals surface area contributed by atoms with Gasteiger partial charge in [-0.15, -0.1) is 0 Å². The molecule has 1 fully saturated rings. The maximum Gasteiger partial charge on any atom is 0.410 e. The third-order valence-electron chi connectivity index (χ3n) is 5.05. The van der Waals surface area contributed by atoms with Crippen LogP contribution in [0.1, 0.15) is 37.6 Å². The van der Waals surface area contributed by atoms with E-state index in [1.54, 1.807) is 32.9 Å². The summed E-state index contributed by atoms with van der Waals surface area (Å²) in [5.41, 5.74) is -0.629. The Morgan fingerprint density at radius 1 is 1.24 bits per heavy atom. The van der Waals surface area contributed by atoms with Crippen molar-refractivity contribution in [3.63, 3.8) is 0 Å². The van der Waals surface area contributed by atoms with Crippen LogP contribution in [0, 0.1) is 0 Å². The minimum Gasteiger partial charge on any atom is -0.491 e. The van der Waals surface area contributed by atoms with E-state index in [-0.39, 0.29) is 30.5 Å². The Hall–Kier alpha value is -2.27. The number of likely N-dealkylation sites (tertiary alicyclic amines) is 1. The molecule has 2 amide bonds. The van der Waals surface area contributed by atoms with Gasteiger partial charge in [-0.2, -0.15) is 0 Å². The summed E-state index contributed by atoms with van der Waals surface area (Å²) in [6.45, 7) is 12.6. The lowest BCUT2D eigenvalue weighted by Crippen LogP contribution is -2.42. The van der Waals surface area contributed by atoms with Crippen molar-refractivity contribution < 1.29 is 33.7 Å². The number of ether oxygens (including phenoxy) is 3. The van der Waals surface area contributed by atoms with E-state index in [0.717, 1.165) is 6.04 Å². The first kappa shape index (κ1) is 28.0. The number of carbonyl (C=O) groups excluding carboxylic acids is 2. The van der Waals surface area contributed by atoms with Gasteiger partial charge in [0.25, 0.3) is 0 Å². The SMILES string of the molecule is CC(C)(C)OC(=O)N[C@@H]1C[C@@H](COc2ccc(Br)cc2C(=O)O)N(C(=O)OCC[Si](C)(C)C)C1. The number of carboxylic acids is 1. The highest BCUT2D eigenvalue weighted by atomic mass is 79.9. The van der Waals surface area contributed by atoms with Crippen molar-refractivity contribution in [2.45, 2.75) is 70.6 Å². The Bertz CT molecular complexity index is 898. The number of alkyl carbamates (subject to hydrolysis) is 1. The van der Waals surface area contributed by atoms with Gasteiger partial charge in [-0.25, -0.2) is 14.4 Å². The number of benzene rings is 1. The van der Waals surface area contributed by atoms with Gasteiger partial charge in [0.05, 0.1) is 18.7 Å². The first-order chi connectivity index (χ1) is 15.6. The van der Waals surface area contributed by atoms with Crippen molar-refractivity contribution >= 4 is 42.2 Å². The molecule has 1 saturated heterocycles. The number of amides is 2. The van der Waals surface area contributed by atoms with Gasteiger partial charge in [0.1, 0.15) is 23.5 Å². The molecule has 1 aliphatic heterocycles. The molecule has 2 atom stereocenters. The van der Waals surface area contributed by atoms with Crippen LogP contribution in [0.3, 0.4) is 0 Å². The normalized spacial score (nSPS) is 18.4. The van der Waals surface area contributed by atoms with Gasteiger partial charge in [0, 0.05) is 19.1 Å². The van der Waals surface area contributed by atoms with E-state index in [1.807, 2.05) is 0 Å². The molecule has 1 aliphatic rings. The molecule has 1 aromatic carbocycles. The topological polar surface area (TPSA) is 114 Å². The Balaban J connectivity index is 2.10. The molecular formula is C23H35BrN2O7Si. The average Bonchev–Trinajstić information content (AvgIpc) is 3.06. The number of hydrogen-bond acceptors (Lipinski definition) is 6. The molecule has 9 nitrogen and oxygen atoms in total. The summed E-state index contributed by atoms with van der Waals surface area (Å²) < 4.78 is 17.3. The van der Waals surface area contributed by atoms with Crippen LogP contribution in [0.15, 0.2) is 22.7 Å². The highest BCUT2D eigenvalue weighted by Gasteiger charge is 2.38. The van der Waals surface area contributed by atoms with E-state index in [0.29, 0.717) is 17.5 Å². The zero-order chi connectivity index (χ0) is 25.7. The molecule has 34 heavy (non-hydrogen) atoms. The molecular weight excluding hydrogens is 524 g/mol. The number of aromatic carboxylic acids is 1. The Kier molecular flexibility index (Phi) is 9.41. The second kappa shape index (κ2) is 11.4. The predicted octanol–water partition coefficient (Wildman–Crippen LogP) is 4.97. The highest BCUT2D eigenvalue weighted by molar-refractivity contribution is 9.10.